The molecule has 0 aliphatic rings. The predicted molar refractivity (Wildman–Crippen MR) is 57.4 cm³/mol. The van der Waals surface area contributed by atoms with Gasteiger partial charge in [-0.1, -0.05) is 6.07 Å². The quantitative estimate of drug-likeness (QED) is 0.756. The summed E-state index contributed by atoms with van der Waals surface area (Å²) in [5, 5.41) is 10.9. The molecule has 0 amide bonds. The van der Waals surface area contributed by atoms with Gasteiger partial charge >= 0.3 is 5.97 Å². The molecule has 1 atom stereocenters. The molecule has 0 radical (unpaired) electrons. The van der Waals surface area contributed by atoms with E-state index in [-0.39, 0.29) is 5.92 Å². The fraction of sp³-hybridized carbons (Fsp3) is 0.500. The summed E-state index contributed by atoms with van der Waals surface area (Å²) < 4.78 is 0. The van der Waals surface area contributed by atoms with Crippen molar-refractivity contribution < 1.29 is 9.90 Å². The van der Waals surface area contributed by atoms with Gasteiger partial charge in [-0.3, -0.25) is 4.79 Å². The SMILES string of the molecule is NCCC(CCc1cccs1)C(=O)O. The molecule has 0 saturated heterocycles. The lowest BCUT2D eigenvalue weighted by Gasteiger charge is -2.09. The molecule has 3 nitrogen and oxygen atoms in total. The van der Waals surface area contributed by atoms with Gasteiger partial charge in [0.05, 0.1) is 5.92 Å². The predicted octanol–water partition coefficient (Wildman–Crippen LogP) is 1.73. The smallest absolute Gasteiger partial charge is 0.306 e. The maximum Gasteiger partial charge on any atom is 0.306 e. The van der Waals surface area contributed by atoms with Gasteiger partial charge in [-0.05, 0) is 37.3 Å². The van der Waals surface area contributed by atoms with Crippen LogP contribution in [0.3, 0.4) is 0 Å². The fourth-order valence-corrected chi connectivity index (χ4v) is 2.09. The van der Waals surface area contributed by atoms with Crippen molar-refractivity contribution in [3.8, 4) is 0 Å². The van der Waals surface area contributed by atoms with E-state index in [1.807, 2.05) is 17.5 Å². The van der Waals surface area contributed by atoms with E-state index in [2.05, 4.69) is 0 Å². The third kappa shape index (κ3) is 3.47. The second kappa shape index (κ2) is 5.78. The first-order chi connectivity index (χ1) is 6.74. The van der Waals surface area contributed by atoms with Crippen LogP contribution in [-0.4, -0.2) is 17.6 Å². The Labute approximate surface area is 87.6 Å². The van der Waals surface area contributed by atoms with Crippen LogP contribution in [0.25, 0.3) is 0 Å². The molecule has 1 heterocycles. The Morgan fingerprint density at radius 2 is 2.36 bits per heavy atom. The molecule has 4 heteroatoms. The number of aryl methyl sites for hydroxylation is 1. The number of carboxylic acid groups (broad SMARTS) is 1. The largest absolute Gasteiger partial charge is 0.481 e. The summed E-state index contributed by atoms with van der Waals surface area (Å²) in [6, 6.07) is 4.02. The van der Waals surface area contributed by atoms with E-state index < -0.39 is 5.97 Å². The number of thiophene rings is 1. The van der Waals surface area contributed by atoms with Gasteiger partial charge in [0.25, 0.3) is 0 Å². The minimum atomic E-state index is -0.730. The molecular weight excluding hydrogens is 198 g/mol. The Morgan fingerprint density at radius 3 is 2.86 bits per heavy atom. The molecular formula is C10H15NO2S. The summed E-state index contributed by atoms with van der Waals surface area (Å²) >= 11 is 1.67. The van der Waals surface area contributed by atoms with E-state index >= 15 is 0 Å². The van der Waals surface area contributed by atoms with Crippen molar-refractivity contribution in [3.05, 3.63) is 22.4 Å². The van der Waals surface area contributed by atoms with Crippen molar-refractivity contribution in [1.82, 2.24) is 0 Å². The highest BCUT2D eigenvalue weighted by molar-refractivity contribution is 7.09. The Morgan fingerprint density at radius 1 is 1.57 bits per heavy atom. The first kappa shape index (κ1) is 11.2. The number of hydrogen-bond donors (Lipinski definition) is 2. The molecule has 3 N–H and O–H groups in total. The monoisotopic (exact) mass is 213 g/mol. The Kier molecular flexibility index (Phi) is 4.62. The van der Waals surface area contributed by atoms with E-state index in [9.17, 15) is 4.79 Å². The Balaban J connectivity index is 2.37. The average molecular weight is 213 g/mol. The van der Waals surface area contributed by atoms with Gasteiger partial charge in [0.1, 0.15) is 0 Å². The van der Waals surface area contributed by atoms with Gasteiger partial charge in [0.2, 0.25) is 0 Å². The van der Waals surface area contributed by atoms with Gasteiger partial charge in [-0.2, -0.15) is 0 Å². The van der Waals surface area contributed by atoms with Crippen LogP contribution < -0.4 is 5.73 Å². The van der Waals surface area contributed by atoms with Crippen molar-refractivity contribution in [2.24, 2.45) is 11.7 Å². The van der Waals surface area contributed by atoms with Crippen molar-refractivity contribution >= 4 is 17.3 Å². The molecule has 0 saturated carbocycles. The summed E-state index contributed by atoms with van der Waals surface area (Å²) in [6.07, 6.45) is 2.10. The third-order valence-corrected chi connectivity index (χ3v) is 3.12. The van der Waals surface area contributed by atoms with Crippen LogP contribution in [0.5, 0.6) is 0 Å². The molecule has 0 aliphatic heterocycles. The number of nitrogens with two attached hydrogens (primary N) is 1. The highest BCUT2D eigenvalue weighted by Gasteiger charge is 2.16. The average Bonchev–Trinajstić information content (AvgIpc) is 2.64. The van der Waals surface area contributed by atoms with Crippen molar-refractivity contribution in [2.45, 2.75) is 19.3 Å². The molecule has 0 aliphatic carbocycles. The van der Waals surface area contributed by atoms with Gasteiger partial charge in [-0.25, -0.2) is 0 Å². The first-order valence-corrected chi connectivity index (χ1v) is 5.57. The lowest BCUT2D eigenvalue weighted by molar-refractivity contribution is -0.142. The van der Waals surface area contributed by atoms with E-state index in [0.717, 1.165) is 6.42 Å². The van der Waals surface area contributed by atoms with Gasteiger partial charge in [0.15, 0.2) is 0 Å². The minimum Gasteiger partial charge on any atom is -0.481 e. The highest BCUT2D eigenvalue weighted by atomic mass is 32.1. The zero-order valence-electron chi connectivity index (χ0n) is 7.98. The molecule has 1 unspecified atom stereocenters. The van der Waals surface area contributed by atoms with Crippen molar-refractivity contribution in [3.63, 3.8) is 0 Å². The number of hydrogen-bond acceptors (Lipinski definition) is 3. The van der Waals surface area contributed by atoms with Crippen LogP contribution in [0.15, 0.2) is 17.5 Å². The summed E-state index contributed by atoms with van der Waals surface area (Å²) in [7, 11) is 0. The number of aliphatic carboxylic acids is 1. The Hall–Kier alpha value is -0.870. The minimum absolute atomic E-state index is 0.290. The van der Waals surface area contributed by atoms with Crippen LogP contribution in [0.2, 0.25) is 0 Å². The maximum absolute atomic E-state index is 10.8. The lowest BCUT2D eigenvalue weighted by Crippen LogP contribution is -2.18. The highest BCUT2D eigenvalue weighted by Crippen LogP contribution is 2.16. The van der Waals surface area contributed by atoms with Crippen LogP contribution in [0.1, 0.15) is 17.7 Å². The second-order valence-electron chi connectivity index (χ2n) is 3.23. The maximum atomic E-state index is 10.8. The summed E-state index contributed by atoms with van der Waals surface area (Å²) in [5.74, 6) is -1.02. The van der Waals surface area contributed by atoms with Crippen molar-refractivity contribution in [2.75, 3.05) is 6.54 Å². The molecule has 78 valence electrons. The lowest BCUT2D eigenvalue weighted by atomic mass is 9.99. The third-order valence-electron chi connectivity index (χ3n) is 2.18. The Bertz CT molecular complexity index is 272. The zero-order chi connectivity index (χ0) is 10.4. The van der Waals surface area contributed by atoms with E-state index in [0.29, 0.717) is 19.4 Å². The number of rotatable bonds is 6. The summed E-state index contributed by atoms with van der Waals surface area (Å²) in [4.78, 5) is 12.0. The van der Waals surface area contributed by atoms with E-state index in [1.165, 1.54) is 4.88 Å². The molecule has 0 spiro atoms. The molecule has 0 aromatic carbocycles. The fourth-order valence-electron chi connectivity index (χ4n) is 1.36. The van der Waals surface area contributed by atoms with Crippen molar-refractivity contribution in [1.29, 1.82) is 0 Å². The topological polar surface area (TPSA) is 63.3 Å². The van der Waals surface area contributed by atoms with Gasteiger partial charge in [0, 0.05) is 4.88 Å². The van der Waals surface area contributed by atoms with E-state index in [1.54, 1.807) is 11.3 Å². The van der Waals surface area contributed by atoms with E-state index in [4.69, 9.17) is 10.8 Å². The number of carboxylic acids is 1. The zero-order valence-corrected chi connectivity index (χ0v) is 8.80. The van der Waals surface area contributed by atoms with Crippen LogP contribution in [-0.2, 0) is 11.2 Å². The normalized spacial score (nSPS) is 12.6. The van der Waals surface area contributed by atoms with Crippen LogP contribution in [0, 0.1) is 5.92 Å². The molecule has 0 bridgehead atoms. The number of carbonyl (C=O) groups is 1. The second-order valence-corrected chi connectivity index (χ2v) is 4.26. The molecule has 1 aromatic rings. The molecule has 1 rings (SSSR count). The summed E-state index contributed by atoms with van der Waals surface area (Å²) in [5.41, 5.74) is 5.36. The first-order valence-electron chi connectivity index (χ1n) is 4.69. The molecule has 1 aromatic heterocycles. The van der Waals surface area contributed by atoms with Gasteiger partial charge in [-0.15, -0.1) is 11.3 Å². The molecule has 0 fully saturated rings. The standard InChI is InChI=1S/C10H15NO2S/c11-6-5-8(10(12)13)3-4-9-2-1-7-14-9/h1-2,7-8H,3-6,11H2,(H,12,13). The molecule has 14 heavy (non-hydrogen) atoms. The van der Waals surface area contributed by atoms with Crippen LogP contribution in [0.4, 0.5) is 0 Å². The van der Waals surface area contributed by atoms with Gasteiger partial charge < -0.3 is 10.8 Å². The summed E-state index contributed by atoms with van der Waals surface area (Å²) in [6.45, 7) is 0.446. The van der Waals surface area contributed by atoms with Crippen LogP contribution >= 0.6 is 11.3 Å².